The highest BCUT2D eigenvalue weighted by atomic mass is 15.2. The van der Waals surface area contributed by atoms with Gasteiger partial charge < -0.3 is 10.6 Å². The molecule has 0 radical (unpaired) electrons. The predicted molar refractivity (Wildman–Crippen MR) is 54.7 cm³/mol. The number of nitrogens with two attached hydrogens (primary N) is 1. The Balaban J connectivity index is 2.79. The van der Waals surface area contributed by atoms with E-state index in [0.717, 1.165) is 5.82 Å². The van der Waals surface area contributed by atoms with Crippen molar-refractivity contribution in [3.63, 3.8) is 0 Å². The van der Waals surface area contributed by atoms with Crippen LogP contribution in [0.2, 0.25) is 0 Å². The van der Waals surface area contributed by atoms with Crippen molar-refractivity contribution >= 4 is 11.6 Å². The molecule has 0 unspecified atom stereocenters. The van der Waals surface area contributed by atoms with E-state index in [1.54, 1.807) is 13.0 Å². The zero-order chi connectivity index (χ0) is 10.6. The lowest BCUT2D eigenvalue weighted by atomic mass is 10.4. The summed E-state index contributed by atoms with van der Waals surface area (Å²) in [5, 5.41) is 8.44. The highest BCUT2D eigenvalue weighted by Gasteiger charge is 2.04. The zero-order valence-corrected chi connectivity index (χ0v) is 8.36. The van der Waals surface area contributed by atoms with Crippen LogP contribution in [0.4, 0.5) is 11.6 Å². The number of rotatable bonds is 3. The maximum atomic E-state index is 8.44. The summed E-state index contributed by atoms with van der Waals surface area (Å²) in [7, 11) is 1.87. The second kappa shape index (κ2) is 4.42. The molecular formula is C9H13N5. The lowest BCUT2D eigenvalue weighted by Crippen LogP contribution is -2.20. The second-order valence-corrected chi connectivity index (χ2v) is 3.03. The van der Waals surface area contributed by atoms with Gasteiger partial charge in [-0.3, -0.25) is 0 Å². The molecule has 1 heterocycles. The van der Waals surface area contributed by atoms with Crippen molar-refractivity contribution < 1.29 is 0 Å². The Kier molecular flexibility index (Phi) is 3.24. The van der Waals surface area contributed by atoms with E-state index in [-0.39, 0.29) is 0 Å². The monoisotopic (exact) mass is 191 g/mol. The van der Waals surface area contributed by atoms with Crippen LogP contribution in [0.1, 0.15) is 12.2 Å². The van der Waals surface area contributed by atoms with Gasteiger partial charge in [-0.15, -0.1) is 0 Å². The van der Waals surface area contributed by atoms with Crippen molar-refractivity contribution in [1.29, 1.82) is 5.26 Å². The molecule has 1 rings (SSSR count). The van der Waals surface area contributed by atoms with Crippen LogP contribution in [0.3, 0.4) is 0 Å². The highest BCUT2D eigenvalue weighted by Crippen LogP contribution is 2.11. The summed E-state index contributed by atoms with van der Waals surface area (Å²) in [6, 6.07) is 3.78. The van der Waals surface area contributed by atoms with Gasteiger partial charge in [-0.25, -0.2) is 9.97 Å². The Morgan fingerprint density at radius 2 is 2.29 bits per heavy atom. The first-order valence-electron chi connectivity index (χ1n) is 4.32. The first-order chi connectivity index (χ1) is 6.63. The van der Waals surface area contributed by atoms with Crippen LogP contribution >= 0.6 is 0 Å². The van der Waals surface area contributed by atoms with E-state index in [4.69, 9.17) is 11.0 Å². The molecule has 74 valence electrons. The first kappa shape index (κ1) is 10.3. The smallest absolute Gasteiger partial charge is 0.134 e. The number of anilines is 2. The third-order valence-corrected chi connectivity index (χ3v) is 1.79. The van der Waals surface area contributed by atoms with Gasteiger partial charge in [0.1, 0.15) is 17.5 Å². The molecule has 0 saturated heterocycles. The molecule has 0 aromatic carbocycles. The lowest BCUT2D eigenvalue weighted by Gasteiger charge is -2.16. The third kappa shape index (κ3) is 2.59. The van der Waals surface area contributed by atoms with Gasteiger partial charge in [0.05, 0.1) is 12.5 Å². The Morgan fingerprint density at radius 3 is 2.86 bits per heavy atom. The fourth-order valence-corrected chi connectivity index (χ4v) is 1.10. The van der Waals surface area contributed by atoms with Crippen molar-refractivity contribution in [1.82, 2.24) is 9.97 Å². The number of hydrogen-bond donors (Lipinski definition) is 1. The van der Waals surface area contributed by atoms with Gasteiger partial charge >= 0.3 is 0 Å². The van der Waals surface area contributed by atoms with E-state index >= 15 is 0 Å². The molecule has 0 spiro atoms. The average molecular weight is 191 g/mol. The first-order valence-corrected chi connectivity index (χ1v) is 4.32. The van der Waals surface area contributed by atoms with Crippen LogP contribution in [0, 0.1) is 18.3 Å². The Morgan fingerprint density at radius 1 is 1.57 bits per heavy atom. The van der Waals surface area contributed by atoms with Crippen molar-refractivity contribution in [3.8, 4) is 6.07 Å². The summed E-state index contributed by atoms with van der Waals surface area (Å²) in [5.41, 5.74) is 5.58. The summed E-state index contributed by atoms with van der Waals surface area (Å²) in [5.74, 6) is 1.85. The number of nitrogens with zero attached hydrogens (tertiary/aromatic N) is 4. The maximum Gasteiger partial charge on any atom is 0.134 e. The largest absolute Gasteiger partial charge is 0.384 e. The summed E-state index contributed by atoms with van der Waals surface area (Å²) < 4.78 is 0. The quantitative estimate of drug-likeness (QED) is 0.761. The van der Waals surface area contributed by atoms with Gasteiger partial charge in [0.15, 0.2) is 0 Å². The zero-order valence-electron chi connectivity index (χ0n) is 8.36. The fourth-order valence-electron chi connectivity index (χ4n) is 1.10. The second-order valence-electron chi connectivity index (χ2n) is 3.03. The minimum absolute atomic E-state index is 0.455. The number of hydrogen-bond acceptors (Lipinski definition) is 5. The van der Waals surface area contributed by atoms with Crippen LogP contribution in [0.25, 0.3) is 0 Å². The molecule has 0 bridgehead atoms. The van der Waals surface area contributed by atoms with Crippen LogP contribution in [-0.2, 0) is 0 Å². The van der Waals surface area contributed by atoms with Crippen molar-refractivity contribution in [2.45, 2.75) is 13.3 Å². The van der Waals surface area contributed by atoms with Crippen LogP contribution in [0.5, 0.6) is 0 Å². The molecule has 2 N–H and O–H groups in total. The lowest BCUT2D eigenvalue weighted by molar-refractivity contribution is 0.871. The Bertz CT molecular complexity index is 334. The maximum absolute atomic E-state index is 8.44. The summed E-state index contributed by atoms with van der Waals surface area (Å²) >= 11 is 0. The van der Waals surface area contributed by atoms with Crippen LogP contribution in [-0.4, -0.2) is 23.6 Å². The molecule has 5 nitrogen and oxygen atoms in total. The van der Waals surface area contributed by atoms with Crippen molar-refractivity contribution in [3.05, 3.63) is 11.9 Å². The minimum Gasteiger partial charge on any atom is -0.384 e. The Hall–Kier alpha value is -1.83. The number of aromatic nitrogens is 2. The van der Waals surface area contributed by atoms with E-state index in [9.17, 15) is 0 Å². The van der Waals surface area contributed by atoms with Gasteiger partial charge in [0.2, 0.25) is 0 Å². The highest BCUT2D eigenvalue weighted by molar-refractivity contribution is 5.46. The number of aryl methyl sites for hydroxylation is 1. The van der Waals surface area contributed by atoms with E-state index in [1.165, 1.54) is 0 Å². The SMILES string of the molecule is Cc1nc(N)cc(N(C)CCC#N)n1. The van der Waals surface area contributed by atoms with Gasteiger partial charge in [-0.1, -0.05) is 0 Å². The molecule has 5 heteroatoms. The number of nitrogen functional groups attached to an aromatic ring is 1. The predicted octanol–water partition coefficient (Wildman–Crippen LogP) is 0.717. The molecule has 0 aliphatic heterocycles. The van der Waals surface area contributed by atoms with Crippen LogP contribution < -0.4 is 10.6 Å². The van der Waals surface area contributed by atoms with Gasteiger partial charge in [0, 0.05) is 19.7 Å². The molecule has 14 heavy (non-hydrogen) atoms. The van der Waals surface area contributed by atoms with E-state index in [1.807, 2.05) is 11.9 Å². The average Bonchev–Trinajstić information content (AvgIpc) is 2.12. The topological polar surface area (TPSA) is 78.8 Å². The van der Waals surface area contributed by atoms with Gasteiger partial charge in [0.25, 0.3) is 0 Å². The summed E-state index contributed by atoms with van der Waals surface area (Å²) in [6.07, 6.45) is 0.472. The summed E-state index contributed by atoms with van der Waals surface area (Å²) in [6.45, 7) is 2.43. The normalized spacial score (nSPS) is 9.50. The fraction of sp³-hybridized carbons (Fsp3) is 0.444. The third-order valence-electron chi connectivity index (χ3n) is 1.79. The van der Waals surface area contributed by atoms with E-state index in [2.05, 4.69) is 16.0 Å². The molecule has 0 aliphatic rings. The molecule has 1 aromatic heterocycles. The standard InChI is InChI=1S/C9H13N5/c1-7-12-8(11)6-9(13-7)14(2)5-3-4-10/h6H,3,5H2,1-2H3,(H2,11,12,13). The van der Waals surface area contributed by atoms with E-state index in [0.29, 0.717) is 24.6 Å². The molecule has 1 aromatic rings. The molecule has 0 fully saturated rings. The minimum atomic E-state index is 0.455. The molecule has 0 aliphatic carbocycles. The molecular weight excluding hydrogens is 178 g/mol. The number of nitriles is 1. The van der Waals surface area contributed by atoms with Crippen LogP contribution in [0.15, 0.2) is 6.07 Å². The van der Waals surface area contributed by atoms with Gasteiger partial charge in [-0.05, 0) is 6.92 Å². The summed E-state index contributed by atoms with van der Waals surface area (Å²) in [4.78, 5) is 10.1. The van der Waals surface area contributed by atoms with Gasteiger partial charge in [-0.2, -0.15) is 5.26 Å². The molecule has 0 amide bonds. The molecule has 0 atom stereocenters. The van der Waals surface area contributed by atoms with Crippen molar-refractivity contribution in [2.75, 3.05) is 24.2 Å². The van der Waals surface area contributed by atoms with E-state index < -0.39 is 0 Å². The Labute approximate surface area is 83.2 Å². The molecule has 0 saturated carbocycles. The van der Waals surface area contributed by atoms with Crippen molar-refractivity contribution in [2.24, 2.45) is 0 Å².